The van der Waals surface area contributed by atoms with Crippen LogP contribution >= 0.6 is 0 Å². The van der Waals surface area contributed by atoms with E-state index in [1.807, 2.05) is 45.9 Å². The van der Waals surface area contributed by atoms with E-state index in [-0.39, 0.29) is 11.8 Å². The van der Waals surface area contributed by atoms with Gasteiger partial charge in [-0.1, -0.05) is 51.1 Å². The predicted octanol–water partition coefficient (Wildman–Crippen LogP) is 5.29. The lowest BCUT2D eigenvalue weighted by Gasteiger charge is -2.35. The molecule has 1 aliphatic heterocycles. The molecule has 190 valence electrons. The van der Waals surface area contributed by atoms with Crippen LogP contribution in [0.15, 0.2) is 48.5 Å². The molecule has 1 fully saturated rings. The number of benzene rings is 2. The summed E-state index contributed by atoms with van der Waals surface area (Å²) in [5, 5.41) is 6.00. The number of carbonyl (C=O) groups is 2. The van der Waals surface area contributed by atoms with E-state index in [2.05, 4.69) is 45.9 Å². The molecular formula is C29H41N3O3. The normalized spacial score (nSPS) is 14.6. The molecule has 2 N–H and O–H groups in total. The lowest BCUT2D eigenvalue weighted by Crippen LogP contribution is -2.36. The van der Waals surface area contributed by atoms with E-state index >= 15 is 0 Å². The van der Waals surface area contributed by atoms with Gasteiger partial charge in [0, 0.05) is 49.6 Å². The summed E-state index contributed by atoms with van der Waals surface area (Å²) in [6, 6.07) is 16.4. The Bertz CT molecular complexity index is 961. The largest absolute Gasteiger partial charge is 0.382 e. The van der Waals surface area contributed by atoms with Gasteiger partial charge in [0.15, 0.2) is 0 Å². The maximum Gasteiger partial charge on any atom is 0.253 e. The molecule has 35 heavy (non-hydrogen) atoms. The average molecular weight is 480 g/mol. The highest BCUT2D eigenvalue weighted by molar-refractivity contribution is 6.02. The molecule has 0 atom stereocenters. The zero-order chi connectivity index (χ0) is 25.3. The van der Waals surface area contributed by atoms with Gasteiger partial charge in [0.1, 0.15) is 0 Å². The molecule has 1 aliphatic rings. The van der Waals surface area contributed by atoms with E-state index in [1.165, 1.54) is 5.56 Å². The highest BCUT2D eigenvalue weighted by Gasteiger charge is 2.25. The number of anilines is 2. The number of nitrogens with zero attached hydrogens (tertiary/aromatic N) is 1. The molecule has 3 rings (SSSR count). The van der Waals surface area contributed by atoms with Gasteiger partial charge < -0.3 is 20.3 Å². The Hall–Kier alpha value is -2.86. The van der Waals surface area contributed by atoms with E-state index in [9.17, 15) is 9.59 Å². The Morgan fingerprint density at radius 3 is 2.43 bits per heavy atom. The lowest BCUT2D eigenvalue weighted by atomic mass is 9.89. The standard InChI is InChI=1S/C29H41N3O3/c1-5-35-19-9-16-30-27(33)25-21-24(31-28(34)29(2,3)4)12-13-26(25)32-17-14-23(15-18-32)20-22-10-7-6-8-11-22/h6-8,10-13,21,23H,5,9,14-20H2,1-4H3,(H,30,33)(H,31,34). The first kappa shape index (κ1) is 26.7. The Balaban J connectivity index is 1.71. The summed E-state index contributed by atoms with van der Waals surface area (Å²) in [6.45, 7) is 11.3. The van der Waals surface area contributed by atoms with Gasteiger partial charge in [-0.2, -0.15) is 0 Å². The molecule has 0 bridgehead atoms. The van der Waals surface area contributed by atoms with E-state index in [0.29, 0.717) is 36.9 Å². The predicted molar refractivity (Wildman–Crippen MR) is 143 cm³/mol. The zero-order valence-electron chi connectivity index (χ0n) is 21.7. The monoisotopic (exact) mass is 479 g/mol. The first-order chi connectivity index (χ1) is 16.8. The van der Waals surface area contributed by atoms with Crippen LogP contribution in [-0.2, 0) is 16.0 Å². The van der Waals surface area contributed by atoms with Gasteiger partial charge in [0.25, 0.3) is 5.91 Å². The van der Waals surface area contributed by atoms with Crippen molar-refractivity contribution in [1.29, 1.82) is 0 Å². The lowest BCUT2D eigenvalue weighted by molar-refractivity contribution is -0.123. The van der Waals surface area contributed by atoms with E-state index in [1.54, 1.807) is 0 Å². The van der Waals surface area contributed by atoms with Crippen LogP contribution in [-0.4, -0.2) is 44.7 Å². The molecule has 0 saturated carbocycles. The SMILES string of the molecule is CCOCCCNC(=O)c1cc(NC(=O)C(C)(C)C)ccc1N1CCC(Cc2ccccc2)CC1. The van der Waals surface area contributed by atoms with Gasteiger partial charge in [0.2, 0.25) is 5.91 Å². The fraction of sp³-hybridized carbons (Fsp3) is 0.517. The number of hydrogen-bond donors (Lipinski definition) is 2. The molecule has 2 amide bonds. The highest BCUT2D eigenvalue weighted by atomic mass is 16.5. The maximum absolute atomic E-state index is 13.2. The molecule has 1 heterocycles. The van der Waals surface area contributed by atoms with Gasteiger partial charge in [-0.15, -0.1) is 0 Å². The molecule has 0 unspecified atom stereocenters. The Kier molecular flexibility index (Phi) is 9.73. The smallest absolute Gasteiger partial charge is 0.253 e. The third-order valence-corrected chi connectivity index (χ3v) is 6.46. The Labute approximate surface area is 210 Å². The molecule has 2 aromatic carbocycles. The van der Waals surface area contributed by atoms with E-state index < -0.39 is 5.41 Å². The van der Waals surface area contributed by atoms with Crippen LogP contribution in [0.2, 0.25) is 0 Å². The fourth-order valence-electron chi connectivity index (χ4n) is 4.33. The minimum Gasteiger partial charge on any atom is -0.382 e. The second kappa shape index (κ2) is 12.7. The van der Waals surface area contributed by atoms with Crippen molar-refractivity contribution in [3.63, 3.8) is 0 Å². The summed E-state index contributed by atoms with van der Waals surface area (Å²) in [4.78, 5) is 28.0. The van der Waals surface area contributed by atoms with Crippen molar-refractivity contribution in [1.82, 2.24) is 5.32 Å². The molecule has 0 spiro atoms. The van der Waals surface area contributed by atoms with Crippen LogP contribution in [0.3, 0.4) is 0 Å². The van der Waals surface area contributed by atoms with Crippen molar-refractivity contribution in [3.05, 3.63) is 59.7 Å². The molecule has 6 nitrogen and oxygen atoms in total. The molecule has 1 saturated heterocycles. The van der Waals surface area contributed by atoms with Crippen LogP contribution < -0.4 is 15.5 Å². The summed E-state index contributed by atoms with van der Waals surface area (Å²) < 4.78 is 5.38. The zero-order valence-corrected chi connectivity index (χ0v) is 21.7. The molecule has 0 aromatic heterocycles. The van der Waals surface area contributed by atoms with Gasteiger partial charge in [-0.3, -0.25) is 9.59 Å². The van der Waals surface area contributed by atoms with Crippen LogP contribution in [0.5, 0.6) is 0 Å². The Morgan fingerprint density at radius 2 is 1.77 bits per heavy atom. The quantitative estimate of drug-likeness (QED) is 0.455. The van der Waals surface area contributed by atoms with Crippen molar-refractivity contribution >= 4 is 23.2 Å². The molecule has 6 heteroatoms. The third kappa shape index (κ3) is 8.10. The van der Waals surface area contributed by atoms with E-state index in [0.717, 1.165) is 44.5 Å². The number of carbonyl (C=O) groups excluding carboxylic acids is 2. The Morgan fingerprint density at radius 1 is 1.06 bits per heavy atom. The number of hydrogen-bond acceptors (Lipinski definition) is 4. The highest BCUT2D eigenvalue weighted by Crippen LogP contribution is 2.30. The second-order valence-corrected chi connectivity index (χ2v) is 10.4. The number of nitrogens with one attached hydrogen (secondary N) is 2. The summed E-state index contributed by atoms with van der Waals surface area (Å²) in [5.41, 5.74) is 3.05. The minimum absolute atomic E-state index is 0.0740. The van der Waals surface area contributed by atoms with Gasteiger partial charge in [-0.25, -0.2) is 0 Å². The first-order valence-corrected chi connectivity index (χ1v) is 12.9. The number of ether oxygens (including phenoxy) is 1. The van der Waals surface area contributed by atoms with Crippen molar-refractivity contribution in [2.45, 2.75) is 53.4 Å². The number of amides is 2. The van der Waals surface area contributed by atoms with E-state index in [4.69, 9.17) is 4.74 Å². The molecule has 0 radical (unpaired) electrons. The summed E-state index contributed by atoms with van der Waals surface area (Å²) in [7, 11) is 0. The van der Waals surface area contributed by atoms with Crippen LogP contribution in [0.25, 0.3) is 0 Å². The summed E-state index contributed by atoms with van der Waals surface area (Å²) in [5.74, 6) is 0.458. The van der Waals surface area contributed by atoms with Crippen molar-refractivity contribution in [2.75, 3.05) is 43.1 Å². The van der Waals surface area contributed by atoms with Crippen molar-refractivity contribution < 1.29 is 14.3 Å². The van der Waals surface area contributed by atoms with Crippen molar-refractivity contribution in [3.8, 4) is 0 Å². The average Bonchev–Trinajstić information content (AvgIpc) is 2.84. The maximum atomic E-state index is 13.2. The fourth-order valence-corrected chi connectivity index (χ4v) is 4.33. The summed E-state index contributed by atoms with van der Waals surface area (Å²) in [6.07, 6.45) is 4.04. The molecular weight excluding hydrogens is 438 g/mol. The summed E-state index contributed by atoms with van der Waals surface area (Å²) >= 11 is 0. The first-order valence-electron chi connectivity index (χ1n) is 12.9. The number of piperidine rings is 1. The molecule has 0 aliphatic carbocycles. The third-order valence-electron chi connectivity index (χ3n) is 6.46. The van der Waals surface area contributed by atoms with Crippen molar-refractivity contribution in [2.24, 2.45) is 11.3 Å². The number of rotatable bonds is 10. The molecule has 2 aromatic rings. The topological polar surface area (TPSA) is 70.7 Å². The van der Waals surface area contributed by atoms with Crippen LogP contribution in [0.1, 0.15) is 62.9 Å². The van der Waals surface area contributed by atoms with Gasteiger partial charge in [0.05, 0.1) is 5.56 Å². The van der Waals surface area contributed by atoms with Crippen LogP contribution in [0, 0.1) is 11.3 Å². The van der Waals surface area contributed by atoms with Gasteiger partial charge in [-0.05, 0) is 62.3 Å². The van der Waals surface area contributed by atoms with Gasteiger partial charge >= 0.3 is 0 Å². The van der Waals surface area contributed by atoms with Crippen LogP contribution in [0.4, 0.5) is 11.4 Å². The second-order valence-electron chi connectivity index (χ2n) is 10.4. The minimum atomic E-state index is -0.513.